The SMILES string of the molecule is Cc1cc(NC(=O)CSc2nnc(-c3cccnc3)n2[C@H]2CCCC[C@H]2C)n(-c2ccccc2)n1. The van der Waals surface area contributed by atoms with E-state index in [4.69, 9.17) is 0 Å². The lowest BCUT2D eigenvalue weighted by Gasteiger charge is -2.31. The predicted molar refractivity (Wildman–Crippen MR) is 138 cm³/mol. The fourth-order valence-electron chi connectivity index (χ4n) is 4.71. The normalized spacial score (nSPS) is 17.9. The zero-order valence-electron chi connectivity index (χ0n) is 20.0. The fourth-order valence-corrected chi connectivity index (χ4v) is 5.50. The topological polar surface area (TPSA) is 90.5 Å². The summed E-state index contributed by atoms with van der Waals surface area (Å²) in [5, 5.41) is 17.3. The molecule has 2 atom stereocenters. The number of pyridine rings is 1. The standard InChI is InChI=1S/C26H29N7OS/c1-18-9-6-7-13-22(18)32-25(20-10-8-14-27-16-20)29-30-26(32)35-17-24(34)28-23-15-19(2)31-33(23)21-11-4-3-5-12-21/h3-5,8,10-12,14-16,18,22H,6-7,9,13,17H2,1-2H3,(H,28,34)/t18-,22+/m1/s1. The third kappa shape index (κ3) is 5.14. The van der Waals surface area contributed by atoms with Gasteiger partial charge in [0.15, 0.2) is 11.0 Å². The predicted octanol–water partition coefficient (Wildman–Crippen LogP) is 5.32. The molecular formula is C26H29N7OS. The summed E-state index contributed by atoms with van der Waals surface area (Å²) in [5.74, 6) is 2.11. The van der Waals surface area contributed by atoms with Gasteiger partial charge in [0.2, 0.25) is 5.91 Å². The van der Waals surface area contributed by atoms with Gasteiger partial charge in [0, 0.05) is 30.1 Å². The van der Waals surface area contributed by atoms with Crippen molar-refractivity contribution in [3.8, 4) is 17.1 Å². The van der Waals surface area contributed by atoms with Gasteiger partial charge in [-0.25, -0.2) is 4.68 Å². The average Bonchev–Trinajstić information content (AvgIpc) is 3.47. The lowest BCUT2D eigenvalue weighted by Crippen LogP contribution is -2.23. The Hall–Kier alpha value is -3.46. The number of aryl methyl sites for hydroxylation is 1. The number of hydrogen-bond acceptors (Lipinski definition) is 6. The zero-order valence-corrected chi connectivity index (χ0v) is 20.8. The number of rotatable bonds is 7. The van der Waals surface area contributed by atoms with Crippen molar-refractivity contribution in [3.05, 3.63) is 66.6 Å². The number of hydrogen-bond donors (Lipinski definition) is 1. The van der Waals surface area contributed by atoms with E-state index >= 15 is 0 Å². The van der Waals surface area contributed by atoms with E-state index in [-0.39, 0.29) is 11.7 Å². The first-order valence-electron chi connectivity index (χ1n) is 12.0. The highest BCUT2D eigenvalue weighted by Gasteiger charge is 2.29. The number of thioether (sulfide) groups is 1. The maximum Gasteiger partial charge on any atom is 0.236 e. The highest BCUT2D eigenvalue weighted by Crippen LogP contribution is 2.38. The van der Waals surface area contributed by atoms with Crippen LogP contribution in [0, 0.1) is 12.8 Å². The van der Waals surface area contributed by atoms with Crippen LogP contribution in [0.15, 0.2) is 66.1 Å². The summed E-state index contributed by atoms with van der Waals surface area (Å²) >= 11 is 1.42. The van der Waals surface area contributed by atoms with E-state index in [2.05, 4.69) is 37.1 Å². The number of para-hydroxylation sites is 1. The molecule has 1 aliphatic carbocycles. The van der Waals surface area contributed by atoms with Crippen molar-refractivity contribution in [2.75, 3.05) is 11.1 Å². The molecular weight excluding hydrogens is 458 g/mol. The molecule has 0 saturated heterocycles. The fraction of sp³-hybridized carbons (Fsp3) is 0.346. The zero-order chi connectivity index (χ0) is 24.2. The average molecular weight is 488 g/mol. The molecule has 0 bridgehead atoms. The lowest BCUT2D eigenvalue weighted by atomic mass is 9.85. The summed E-state index contributed by atoms with van der Waals surface area (Å²) in [6.45, 7) is 4.21. The summed E-state index contributed by atoms with van der Waals surface area (Å²) in [4.78, 5) is 17.2. The largest absolute Gasteiger partial charge is 0.310 e. The molecule has 0 spiro atoms. The second-order valence-electron chi connectivity index (χ2n) is 9.00. The summed E-state index contributed by atoms with van der Waals surface area (Å²) in [6, 6.07) is 15.9. The van der Waals surface area contributed by atoms with Crippen LogP contribution < -0.4 is 5.32 Å². The van der Waals surface area contributed by atoms with Crippen LogP contribution in [0.3, 0.4) is 0 Å². The van der Waals surface area contributed by atoms with Crippen LogP contribution in [0.25, 0.3) is 17.1 Å². The molecule has 1 aliphatic rings. The van der Waals surface area contributed by atoms with Gasteiger partial charge in [-0.05, 0) is 49.9 Å². The Balaban J connectivity index is 1.36. The molecule has 3 heterocycles. The lowest BCUT2D eigenvalue weighted by molar-refractivity contribution is -0.113. The quantitative estimate of drug-likeness (QED) is 0.355. The molecule has 1 N–H and O–H groups in total. The molecule has 180 valence electrons. The summed E-state index contributed by atoms with van der Waals surface area (Å²) in [7, 11) is 0. The number of aromatic nitrogens is 6. The first kappa shape index (κ1) is 23.3. The second kappa shape index (κ2) is 10.4. The Bertz CT molecular complexity index is 1290. The Morgan fingerprint density at radius 2 is 1.94 bits per heavy atom. The number of carbonyl (C=O) groups is 1. The number of nitrogens with one attached hydrogen (secondary N) is 1. The smallest absolute Gasteiger partial charge is 0.236 e. The van der Waals surface area contributed by atoms with Crippen molar-refractivity contribution in [1.29, 1.82) is 0 Å². The summed E-state index contributed by atoms with van der Waals surface area (Å²) in [5.41, 5.74) is 2.68. The number of anilines is 1. The molecule has 9 heteroatoms. The molecule has 8 nitrogen and oxygen atoms in total. The van der Waals surface area contributed by atoms with Crippen LogP contribution in [0.4, 0.5) is 5.82 Å². The van der Waals surface area contributed by atoms with Crippen molar-refractivity contribution >= 4 is 23.5 Å². The van der Waals surface area contributed by atoms with Crippen molar-refractivity contribution in [3.63, 3.8) is 0 Å². The number of amides is 1. The Morgan fingerprint density at radius 1 is 1.11 bits per heavy atom. The number of nitrogens with zero attached hydrogens (tertiary/aromatic N) is 6. The minimum Gasteiger partial charge on any atom is -0.310 e. The van der Waals surface area contributed by atoms with Gasteiger partial charge in [-0.15, -0.1) is 10.2 Å². The number of benzene rings is 1. The van der Waals surface area contributed by atoms with Crippen LogP contribution in [0.2, 0.25) is 0 Å². The Morgan fingerprint density at radius 3 is 2.71 bits per heavy atom. The first-order valence-corrected chi connectivity index (χ1v) is 13.0. The molecule has 0 unspecified atom stereocenters. The van der Waals surface area contributed by atoms with Crippen molar-refractivity contribution in [2.24, 2.45) is 5.92 Å². The van der Waals surface area contributed by atoms with Crippen LogP contribution in [0.5, 0.6) is 0 Å². The van der Waals surface area contributed by atoms with Gasteiger partial charge in [-0.3, -0.25) is 14.3 Å². The van der Waals surface area contributed by atoms with E-state index < -0.39 is 0 Å². The van der Waals surface area contributed by atoms with Crippen molar-refractivity contribution < 1.29 is 4.79 Å². The van der Waals surface area contributed by atoms with E-state index in [0.29, 0.717) is 17.8 Å². The monoisotopic (exact) mass is 487 g/mol. The molecule has 1 saturated carbocycles. The molecule has 1 fully saturated rings. The molecule has 5 rings (SSSR count). The van der Waals surface area contributed by atoms with Gasteiger partial charge in [-0.2, -0.15) is 5.10 Å². The minimum absolute atomic E-state index is 0.110. The molecule has 1 amide bonds. The van der Waals surface area contributed by atoms with Gasteiger partial charge in [0.05, 0.1) is 17.1 Å². The summed E-state index contributed by atoms with van der Waals surface area (Å²) < 4.78 is 3.99. The third-order valence-corrected chi connectivity index (χ3v) is 7.36. The van der Waals surface area contributed by atoms with E-state index in [1.54, 1.807) is 10.9 Å². The Labute approximate surface area is 209 Å². The molecule has 0 aliphatic heterocycles. The van der Waals surface area contributed by atoms with Crippen LogP contribution in [0.1, 0.15) is 44.3 Å². The van der Waals surface area contributed by atoms with Crippen molar-refractivity contribution in [2.45, 2.75) is 50.7 Å². The van der Waals surface area contributed by atoms with Gasteiger partial charge in [0.25, 0.3) is 0 Å². The summed E-state index contributed by atoms with van der Waals surface area (Å²) in [6.07, 6.45) is 8.29. The maximum absolute atomic E-state index is 13.0. The van der Waals surface area contributed by atoms with Crippen molar-refractivity contribution in [1.82, 2.24) is 29.5 Å². The molecule has 3 aromatic heterocycles. The Kier molecular flexibility index (Phi) is 6.94. The van der Waals surface area contributed by atoms with Gasteiger partial charge in [-0.1, -0.05) is 49.7 Å². The molecule has 0 radical (unpaired) electrons. The maximum atomic E-state index is 13.0. The van der Waals surface area contributed by atoms with Gasteiger partial charge < -0.3 is 5.32 Å². The minimum atomic E-state index is -0.110. The molecule has 1 aromatic carbocycles. The van der Waals surface area contributed by atoms with Gasteiger partial charge >= 0.3 is 0 Å². The second-order valence-corrected chi connectivity index (χ2v) is 9.94. The van der Waals surface area contributed by atoms with E-state index in [1.165, 1.54) is 31.0 Å². The van der Waals surface area contributed by atoms with Crippen LogP contribution in [-0.2, 0) is 4.79 Å². The molecule has 4 aromatic rings. The first-order chi connectivity index (χ1) is 17.1. The third-order valence-electron chi connectivity index (χ3n) is 6.41. The van der Waals surface area contributed by atoms with E-state index in [1.807, 2.05) is 61.7 Å². The van der Waals surface area contributed by atoms with Gasteiger partial charge in [0.1, 0.15) is 5.82 Å². The van der Waals surface area contributed by atoms with E-state index in [0.717, 1.165) is 34.3 Å². The van der Waals surface area contributed by atoms with E-state index in [9.17, 15) is 4.79 Å². The highest BCUT2D eigenvalue weighted by atomic mass is 32.2. The number of carbonyl (C=O) groups excluding carboxylic acids is 1. The highest BCUT2D eigenvalue weighted by molar-refractivity contribution is 7.99. The van der Waals surface area contributed by atoms with Crippen LogP contribution >= 0.6 is 11.8 Å². The molecule has 35 heavy (non-hydrogen) atoms. The van der Waals surface area contributed by atoms with Crippen LogP contribution in [-0.4, -0.2) is 41.2 Å².